The van der Waals surface area contributed by atoms with Gasteiger partial charge in [-0.2, -0.15) is 4.98 Å². The number of hydrogen-bond acceptors (Lipinski definition) is 16. The molecule has 0 aromatic carbocycles. The normalized spacial score (nSPS) is 25.6. The van der Waals surface area contributed by atoms with Crippen LogP contribution in [0.4, 0.5) is 11.8 Å². The summed E-state index contributed by atoms with van der Waals surface area (Å²) in [7, 11) is 9.38. The second-order valence-electron chi connectivity index (χ2n) is 10.9. The van der Waals surface area contributed by atoms with Crippen LogP contribution in [0, 0.1) is 0 Å². The number of anilines is 2. The number of phosphoric ester groups is 1. The number of nitrogens with zero attached hydrogens (tertiary/aromatic N) is 7. The van der Waals surface area contributed by atoms with Gasteiger partial charge in [-0.05, 0) is 0 Å². The summed E-state index contributed by atoms with van der Waals surface area (Å²) in [6, 6.07) is 0. The van der Waals surface area contributed by atoms with Crippen molar-refractivity contribution >= 4 is 92.5 Å². The Kier molecular flexibility index (Phi) is 12.6. The first-order valence-electron chi connectivity index (χ1n) is 14.6. The molecule has 11 atom stereocenters. The van der Waals surface area contributed by atoms with Gasteiger partial charge in [-0.3, -0.25) is 32.5 Å². The molecule has 3 N–H and O–H groups in total. The summed E-state index contributed by atoms with van der Waals surface area (Å²) in [5.41, 5.74) is 1.27. The van der Waals surface area contributed by atoms with Crippen LogP contribution >= 0.6 is 58.4 Å². The minimum atomic E-state index is -4.14. The third-order valence-electron chi connectivity index (χ3n) is 7.76. The van der Waals surface area contributed by atoms with Gasteiger partial charge in [-0.25, -0.2) is 24.5 Å². The van der Waals surface area contributed by atoms with E-state index in [1.165, 1.54) is 26.9 Å². The summed E-state index contributed by atoms with van der Waals surface area (Å²) in [5, 5.41) is 6.36. The zero-order valence-corrected chi connectivity index (χ0v) is 33.8. The fraction of sp³-hybridized carbons (Fsp3) is 0.565. The zero-order valence-electron chi connectivity index (χ0n) is 26.5. The van der Waals surface area contributed by atoms with Crippen LogP contribution in [0.25, 0.3) is 22.3 Å². The zero-order chi connectivity index (χ0) is 34.9. The van der Waals surface area contributed by atoms with Gasteiger partial charge in [0.15, 0.2) is 28.1 Å². The topological polar surface area (TPSA) is 213 Å². The van der Waals surface area contributed by atoms with Gasteiger partial charge in [0.05, 0.1) is 32.0 Å². The lowest BCUT2D eigenvalue weighted by molar-refractivity contribution is -0.0643. The van der Waals surface area contributed by atoms with Crippen molar-refractivity contribution in [2.45, 2.75) is 49.7 Å². The predicted octanol–water partition coefficient (Wildman–Crippen LogP) is 4.13. The van der Waals surface area contributed by atoms with E-state index in [4.69, 9.17) is 32.5 Å². The first kappa shape index (κ1) is 37.8. The van der Waals surface area contributed by atoms with Crippen molar-refractivity contribution in [3.05, 3.63) is 29.3 Å². The molecule has 0 saturated carbocycles. The Morgan fingerprint density at radius 3 is 2.22 bits per heavy atom. The van der Waals surface area contributed by atoms with Crippen molar-refractivity contribution in [1.29, 1.82) is 0 Å². The number of ether oxygens (including phenoxy) is 4. The Morgan fingerprint density at radius 2 is 1.57 bits per heavy atom. The molecule has 268 valence electrons. The molecule has 49 heavy (non-hydrogen) atoms. The number of phosphoric acid groups is 1. The number of hydrogen-bond donors (Lipinski definition) is 3. The summed E-state index contributed by atoms with van der Waals surface area (Å²) < 4.78 is 58.1. The number of aromatic nitrogens is 8. The first-order chi connectivity index (χ1) is 23.5. The molecule has 4 aromatic rings. The number of imidazole rings is 2. The molecule has 2 aliphatic rings. The maximum Gasteiger partial charge on any atom is 0.474 e. The third-order valence-corrected chi connectivity index (χ3v) is 11.7. The molecule has 19 nitrogen and oxygen atoms in total. The van der Waals surface area contributed by atoms with Gasteiger partial charge in [0.25, 0.3) is 5.56 Å². The van der Waals surface area contributed by atoms with Gasteiger partial charge in [0.1, 0.15) is 37.1 Å². The van der Waals surface area contributed by atoms with Crippen LogP contribution in [-0.2, 0) is 37.1 Å². The third kappa shape index (κ3) is 8.48. The van der Waals surface area contributed by atoms with E-state index in [-0.39, 0.29) is 30.7 Å². The van der Waals surface area contributed by atoms with Crippen LogP contribution in [0.3, 0.4) is 0 Å². The van der Waals surface area contributed by atoms with Gasteiger partial charge in [-0.15, -0.1) is 0 Å². The van der Waals surface area contributed by atoms with Gasteiger partial charge in [0.2, 0.25) is 5.95 Å². The Balaban J connectivity index is 1.15. The van der Waals surface area contributed by atoms with E-state index in [0.29, 0.717) is 35.0 Å². The van der Waals surface area contributed by atoms with Crippen molar-refractivity contribution in [2.75, 3.05) is 44.7 Å². The number of aromatic amines is 1. The average molecular weight is 814 g/mol. The van der Waals surface area contributed by atoms with Crippen molar-refractivity contribution in [2.24, 2.45) is 0 Å². The fourth-order valence-corrected chi connectivity index (χ4v) is 8.96. The van der Waals surface area contributed by atoms with Gasteiger partial charge in [0, 0.05) is 49.1 Å². The van der Waals surface area contributed by atoms with Crippen molar-refractivity contribution < 1.29 is 37.1 Å². The van der Waals surface area contributed by atoms with Crippen molar-refractivity contribution in [1.82, 2.24) is 39.0 Å². The van der Waals surface area contributed by atoms with Crippen LogP contribution in [0.2, 0.25) is 0 Å². The van der Waals surface area contributed by atoms with E-state index in [0.717, 1.165) is 0 Å². The minimum Gasteiger partial charge on any atom is -0.382 e. The summed E-state index contributed by atoms with van der Waals surface area (Å²) in [6.45, 7) is -0.0253. The highest BCUT2D eigenvalue weighted by Crippen LogP contribution is 2.54. The SMILES string of the molecule is COC[C@H]1O[C@@H](n2cnc3c(NP(P)P)ncnc32)CC1OP(=O)(OC)OC[C@H]1O[C@@H](n2cnc3c(=O)[nH]c(NP(P)P)nc32)CC1OC. The highest BCUT2D eigenvalue weighted by molar-refractivity contribution is 8.44. The Labute approximate surface area is 291 Å². The standard InChI is InChI=1S/C23H37N10O9P7/c1-36-6-13-12(5-16(40-13)32-9-26-17-19(30-47(43)44)24-8-25-20(17)32)42-49(35,38-3)39-7-14-11(37-2)4-15(41-14)33-10-27-18-21(33)28-23(29-22(18)34)31-48(45)46/h8-16H,4-7,43-46H2,1-3H3,(H,24,25,30)(H2,28,29,31,34)/t11?,12?,13-,14-,15-,16-,49?/m1/s1. The molecule has 4 aromatic heterocycles. The second kappa shape index (κ2) is 16.4. The van der Waals surface area contributed by atoms with Crippen LogP contribution in [-0.4, -0.2) is 98.0 Å². The molecule has 26 heteroatoms. The monoisotopic (exact) mass is 814 g/mol. The number of methoxy groups -OCH3 is 2. The van der Waals surface area contributed by atoms with E-state index in [1.54, 1.807) is 22.6 Å². The molecule has 0 radical (unpaired) electrons. The van der Waals surface area contributed by atoms with Gasteiger partial charge < -0.3 is 29.1 Å². The highest BCUT2D eigenvalue weighted by atomic mass is 32.4. The first-order valence-corrected chi connectivity index (χ1v) is 25.2. The summed E-state index contributed by atoms with van der Waals surface area (Å²) >= 11 is 0. The Morgan fingerprint density at radius 1 is 0.918 bits per heavy atom. The maximum atomic E-state index is 13.9. The predicted molar refractivity (Wildman–Crippen MR) is 199 cm³/mol. The van der Waals surface area contributed by atoms with E-state index >= 15 is 0 Å². The fourth-order valence-electron chi connectivity index (χ4n) is 5.60. The average Bonchev–Trinajstić information content (AvgIpc) is 3.85. The molecule has 7 unspecified atom stereocenters. The van der Waals surface area contributed by atoms with Crippen LogP contribution in [0.15, 0.2) is 23.8 Å². The van der Waals surface area contributed by atoms with E-state index in [1.807, 2.05) is 0 Å². The molecule has 6 heterocycles. The van der Waals surface area contributed by atoms with Crippen LogP contribution in [0.1, 0.15) is 25.3 Å². The minimum absolute atomic E-state index is 0.158. The number of H-pyrrole nitrogens is 1. The molecule has 2 fully saturated rings. The second-order valence-corrected chi connectivity index (χ2v) is 24.9. The molecule has 2 aliphatic heterocycles. The molecular weight excluding hydrogens is 777 g/mol. The van der Waals surface area contributed by atoms with Crippen molar-refractivity contribution in [3.63, 3.8) is 0 Å². The molecule has 0 bridgehead atoms. The molecule has 0 spiro atoms. The lowest BCUT2D eigenvalue weighted by Gasteiger charge is -2.24. The van der Waals surface area contributed by atoms with Crippen LogP contribution < -0.4 is 15.7 Å². The summed E-state index contributed by atoms with van der Waals surface area (Å²) in [4.78, 5) is 37.4. The van der Waals surface area contributed by atoms with Crippen LogP contribution in [0.5, 0.6) is 0 Å². The molecular formula is C23H37N10O9P7. The lowest BCUT2D eigenvalue weighted by atomic mass is 10.2. The molecule has 0 amide bonds. The molecule has 2 saturated heterocycles. The van der Waals surface area contributed by atoms with E-state index in [2.05, 4.69) is 75.8 Å². The Bertz CT molecular complexity index is 1870. The molecule has 6 rings (SSSR count). The quantitative estimate of drug-likeness (QED) is 0.144. The van der Waals surface area contributed by atoms with Crippen molar-refractivity contribution in [3.8, 4) is 0 Å². The van der Waals surface area contributed by atoms with E-state index in [9.17, 15) is 9.36 Å². The van der Waals surface area contributed by atoms with E-state index < -0.39 is 59.6 Å². The highest BCUT2D eigenvalue weighted by Gasteiger charge is 2.45. The largest absolute Gasteiger partial charge is 0.474 e. The Hall–Kier alpha value is -0.970. The van der Waals surface area contributed by atoms with Gasteiger partial charge >= 0.3 is 7.82 Å². The number of nitrogens with one attached hydrogen (secondary N) is 3. The number of rotatable bonds is 15. The molecule has 0 aliphatic carbocycles. The summed E-state index contributed by atoms with van der Waals surface area (Å²) in [5.74, 6) is 0.904. The maximum absolute atomic E-state index is 13.9. The number of fused-ring (bicyclic) bond motifs is 2. The summed E-state index contributed by atoms with van der Waals surface area (Å²) in [6.07, 6.45) is 1.61. The van der Waals surface area contributed by atoms with Gasteiger partial charge in [-0.1, -0.05) is 35.7 Å². The lowest BCUT2D eigenvalue weighted by Crippen LogP contribution is -2.30. The smallest absolute Gasteiger partial charge is 0.382 e.